The van der Waals surface area contributed by atoms with Crippen molar-refractivity contribution in [2.24, 2.45) is 0 Å². The van der Waals surface area contributed by atoms with Crippen LogP contribution >= 0.6 is 0 Å². The standard InChI is InChI=1S/C26H43N5O4S/c1-4-36(32,33)35-20-10-8-6-5-7-9-17-28-25-15-18-29-26(31-25)30-22(2)23-13-11-14-24(21-23)34-19-12-16-27-3/h11,13-15,18,21-22,27H,4-10,12,16-17,19-20H2,1-3H3,(H2,28,29,30,31)/t22-/m1/s1. The Morgan fingerprint density at radius 3 is 2.53 bits per heavy atom. The Morgan fingerprint density at radius 1 is 0.972 bits per heavy atom. The van der Waals surface area contributed by atoms with Gasteiger partial charge in [-0.3, -0.25) is 4.18 Å². The molecule has 1 heterocycles. The predicted molar refractivity (Wildman–Crippen MR) is 146 cm³/mol. The Balaban J connectivity index is 1.65. The predicted octanol–water partition coefficient (Wildman–Crippen LogP) is 4.76. The van der Waals surface area contributed by atoms with E-state index in [0.717, 1.165) is 75.2 Å². The Hall–Kier alpha value is -2.43. The van der Waals surface area contributed by atoms with Crippen LogP contribution in [0.1, 0.15) is 70.4 Å². The van der Waals surface area contributed by atoms with Crippen LogP contribution in [0.15, 0.2) is 36.5 Å². The van der Waals surface area contributed by atoms with Crippen LogP contribution in [0.5, 0.6) is 5.75 Å². The van der Waals surface area contributed by atoms with Gasteiger partial charge < -0.3 is 20.7 Å². The second-order valence-corrected chi connectivity index (χ2v) is 10.7. The molecule has 10 heteroatoms. The van der Waals surface area contributed by atoms with E-state index in [1.165, 1.54) is 0 Å². The second kappa shape index (κ2) is 17.1. The zero-order valence-electron chi connectivity index (χ0n) is 22.0. The molecule has 0 saturated heterocycles. The summed E-state index contributed by atoms with van der Waals surface area (Å²) in [6.07, 6.45) is 8.84. The molecule has 0 amide bonds. The van der Waals surface area contributed by atoms with Gasteiger partial charge in [0.25, 0.3) is 10.1 Å². The Morgan fingerprint density at radius 2 is 1.75 bits per heavy atom. The van der Waals surface area contributed by atoms with Crippen molar-refractivity contribution in [2.45, 2.75) is 64.8 Å². The zero-order valence-corrected chi connectivity index (χ0v) is 22.8. The fourth-order valence-corrected chi connectivity index (χ4v) is 4.07. The summed E-state index contributed by atoms with van der Waals surface area (Å²) in [7, 11) is -1.37. The summed E-state index contributed by atoms with van der Waals surface area (Å²) in [4.78, 5) is 8.95. The van der Waals surface area contributed by atoms with Gasteiger partial charge in [0.15, 0.2) is 0 Å². The van der Waals surface area contributed by atoms with Crippen molar-refractivity contribution in [1.29, 1.82) is 0 Å². The van der Waals surface area contributed by atoms with Gasteiger partial charge in [0, 0.05) is 12.7 Å². The highest BCUT2D eigenvalue weighted by molar-refractivity contribution is 7.86. The van der Waals surface area contributed by atoms with Crippen LogP contribution < -0.4 is 20.7 Å². The Kier molecular flexibility index (Phi) is 14.2. The second-order valence-electron chi connectivity index (χ2n) is 8.73. The summed E-state index contributed by atoms with van der Waals surface area (Å²) < 4.78 is 33.3. The summed E-state index contributed by atoms with van der Waals surface area (Å²) >= 11 is 0. The molecule has 2 aromatic rings. The normalized spacial score (nSPS) is 12.3. The molecule has 0 radical (unpaired) electrons. The summed E-state index contributed by atoms with van der Waals surface area (Å²) in [6, 6.07) is 10.0. The third kappa shape index (κ3) is 12.5. The van der Waals surface area contributed by atoms with Crippen LogP contribution in [0.3, 0.4) is 0 Å². The SMILES string of the molecule is CCS(=O)(=O)OCCCCCCCCNc1ccnc(N[C@H](C)c2cccc(OCCCNC)c2)n1. The topological polar surface area (TPSA) is 114 Å². The van der Waals surface area contributed by atoms with E-state index in [9.17, 15) is 8.42 Å². The maximum absolute atomic E-state index is 11.3. The number of ether oxygens (including phenoxy) is 1. The molecule has 0 bridgehead atoms. The van der Waals surface area contributed by atoms with E-state index in [0.29, 0.717) is 12.6 Å². The van der Waals surface area contributed by atoms with Crippen LogP contribution in [0.2, 0.25) is 0 Å². The maximum Gasteiger partial charge on any atom is 0.267 e. The quantitative estimate of drug-likeness (QED) is 0.168. The third-order valence-electron chi connectivity index (χ3n) is 5.69. The van der Waals surface area contributed by atoms with E-state index >= 15 is 0 Å². The van der Waals surface area contributed by atoms with Crippen molar-refractivity contribution in [3.63, 3.8) is 0 Å². The molecule has 1 aromatic carbocycles. The van der Waals surface area contributed by atoms with E-state index < -0.39 is 10.1 Å². The van der Waals surface area contributed by atoms with E-state index in [4.69, 9.17) is 8.92 Å². The summed E-state index contributed by atoms with van der Waals surface area (Å²) in [5.74, 6) is 2.28. The lowest BCUT2D eigenvalue weighted by Gasteiger charge is -2.16. The number of benzene rings is 1. The van der Waals surface area contributed by atoms with Crippen LogP contribution in [0.4, 0.5) is 11.8 Å². The smallest absolute Gasteiger partial charge is 0.267 e. The van der Waals surface area contributed by atoms with Gasteiger partial charge in [0.1, 0.15) is 11.6 Å². The molecule has 202 valence electrons. The first-order chi connectivity index (χ1) is 17.4. The molecule has 0 unspecified atom stereocenters. The average Bonchev–Trinajstić information content (AvgIpc) is 2.88. The van der Waals surface area contributed by atoms with Crippen LogP contribution in [0.25, 0.3) is 0 Å². The summed E-state index contributed by atoms with van der Waals surface area (Å²) in [6.45, 7) is 6.42. The molecule has 0 aliphatic heterocycles. The number of hydrogen-bond donors (Lipinski definition) is 3. The Bertz CT molecular complexity index is 974. The van der Waals surface area contributed by atoms with Crippen LogP contribution in [-0.4, -0.2) is 57.5 Å². The number of hydrogen-bond acceptors (Lipinski definition) is 9. The van der Waals surface area contributed by atoms with E-state index in [1.54, 1.807) is 13.1 Å². The molecule has 0 saturated carbocycles. The van der Waals surface area contributed by atoms with Gasteiger partial charge in [-0.25, -0.2) is 4.98 Å². The third-order valence-corrected chi connectivity index (χ3v) is 6.93. The molecule has 0 spiro atoms. The summed E-state index contributed by atoms with van der Waals surface area (Å²) in [5, 5.41) is 9.87. The number of nitrogens with one attached hydrogen (secondary N) is 3. The first-order valence-corrected chi connectivity index (χ1v) is 14.6. The highest BCUT2D eigenvalue weighted by atomic mass is 32.2. The van der Waals surface area contributed by atoms with Gasteiger partial charge in [-0.05, 0) is 70.5 Å². The maximum atomic E-state index is 11.3. The minimum Gasteiger partial charge on any atom is -0.494 e. The van der Waals surface area contributed by atoms with Crippen LogP contribution in [-0.2, 0) is 14.3 Å². The lowest BCUT2D eigenvalue weighted by atomic mass is 10.1. The zero-order chi connectivity index (χ0) is 26.1. The van der Waals surface area contributed by atoms with Crippen molar-refractivity contribution < 1.29 is 17.3 Å². The molecule has 9 nitrogen and oxygen atoms in total. The minimum atomic E-state index is -3.31. The van der Waals surface area contributed by atoms with Crippen molar-refractivity contribution >= 4 is 21.9 Å². The van der Waals surface area contributed by atoms with E-state index in [2.05, 4.69) is 45.0 Å². The van der Waals surface area contributed by atoms with Gasteiger partial charge in [-0.2, -0.15) is 13.4 Å². The van der Waals surface area contributed by atoms with E-state index in [-0.39, 0.29) is 18.4 Å². The van der Waals surface area contributed by atoms with Crippen molar-refractivity contribution in [3.05, 3.63) is 42.1 Å². The van der Waals surface area contributed by atoms with Crippen molar-refractivity contribution in [3.8, 4) is 5.75 Å². The first kappa shape index (κ1) is 29.8. The summed E-state index contributed by atoms with van der Waals surface area (Å²) in [5.41, 5.74) is 1.11. The van der Waals surface area contributed by atoms with Gasteiger partial charge in [-0.15, -0.1) is 0 Å². The largest absolute Gasteiger partial charge is 0.494 e. The van der Waals surface area contributed by atoms with Gasteiger partial charge in [0.2, 0.25) is 5.95 Å². The molecule has 36 heavy (non-hydrogen) atoms. The molecule has 0 aliphatic carbocycles. The lowest BCUT2D eigenvalue weighted by molar-refractivity contribution is 0.307. The molecule has 2 rings (SSSR count). The molecule has 1 atom stereocenters. The molecule has 3 N–H and O–H groups in total. The Labute approximate surface area is 216 Å². The van der Waals surface area contributed by atoms with Crippen LogP contribution in [0, 0.1) is 0 Å². The lowest BCUT2D eigenvalue weighted by Crippen LogP contribution is -2.12. The number of anilines is 2. The molecular formula is C26H43N5O4S. The highest BCUT2D eigenvalue weighted by Crippen LogP contribution is 2.22. The number of nitrogens with zero attached hydrogens (tertiary/aromatic N) is 2. The fourth-order valence-electron chi connectivity index (χ4n) is 3.54. The van der Waals surface area contributed by atoms with Gasteiger partial charge in [-0.1, -0.05) is 37.8 Å². The van der Waals surface area contributed by atoms with Crippen molar-refractivity contribution in [1.82, 2.24) is 15.3 Å². The van der Waals surface area contributed by atoms with E-state index in [1.807, 2.05) is 25.2 Å². The van der Waals surface area contributed by atoms with Gasteiger partial charge >= 0.3 is 0 Å². The van der Waals surface area contributed by atoms with Gasteiger partial charge in [0.05, 0.1) is 25.0 Å². The fraction of sp³-hybridized carbons (Fsp3) is 0.615. The highest BCUT2D eigenvalue weighted by Gasteiger charge is 2.09. The molecule has 1 aromatic heterocycles. The number of aromatic nitrogens is 2. The minimum absolute atomic E-state index is 0.0316. The molecule has 0 aliphatic rings. The monoisotopic (exact) mass is 521 g/mol. The average molecular weight is 522 g/mol. The number of rotatable bonds is 20. The first-order valence-electron chi connectivity index (χ1n) is 13.0. The molecule has 0 fully saturated rings. The molecular weight excluding hydrogens is 478 g/mol. The van der Waals surface area contributed by atoms with Crippen molar-refractivity contribution in [2.75, 3.05) is 49.7 Å². The number of unbranched alkanes of at least 4 members (excludes halogenated alkanes) is 5.